The number of Topliss-reactive ketones (excluding diaryl/α,β-unsaturated/α-hetero) is 1. The minimum atomic E-state index is -0.544. The Morgan fingerprint density at radius 1 is 1.00 bits per heavy atom. The van der Waals surface area contributed by atoms with Gasteiger partial charge in [-0.2, -0.15) is 0 Å². The van der Waals surface area contributed by atoms with Gasteiger partial charge in [-0.1, -0.05) is 12.1 Å². The Labute approximate surface area is 138 Å². The molecule has 0 aliphatic heterocycles. The van der Waals surface area contributed by atoms with Crippen LogP contribution in [0, 0.1) is 5.82 Å². The summed E-state index contributed by atoms with van der Waals surface area (Å²) in [5.41, 5.74) is 1.61. The Bertz CT molecular complexity index is 739. The van der Waals surface area contributed by atoms with Crippen molar-refractivity contribution in [3.8, 4) is 0 Å². The SMILES string of the molecule is CC(=O)Nc1ccc(CC(=O)OCC(=O)c2ccc(F)cc2)cc1. The average Bonchev–Trinajstić information content (AvgIpc) is 2.54. The number of carbonyl (C=O) groups is 3. The van der Waals surface area contributed by atoms with Crippen molar-refractivity contribution in [2.24, 2.45) is 0 Å². The van der Waals surface area contributed by atoms with E-state index in [2.05, 4.69) is 5.32 Å². The van der Waals surface area contributed by atoms with Crippen LogP contribution < -0.4 is 5.32 Å². The van der Waals surface area contributed by atoms with Crippen LogP contribution >= 0.6 is 0 Å². The van der Waals surface area contributed by atoms with Gasteiger partial charge in [0.15, 0.2) is 12.4 Å². The number of ether oxygens (including phenoxy) is 1. The number of amides is 1. The third-order valence-electron chi connectivity index (χ3n) is 3.15. The molecule has 2 aromatic rings. The molecular formula is C18H16FNO4. The van der Waals surface area contributed by atoms with Crippen LogP contribution in [0.4, 0.5) is 10.1 Å². The number of halogens is 1. The second-order valence-electron chi connectivity index (χ2n) is 5.15. The summed E-state index contributed by atoms with van der Waals surface area (Å²) >= 11 is 0. The smallest absolute Gasteiger partial charge is 0.310 e. The summed E-state index contributed by atoms with van der Waals surface area (Å²) in [7, 11) is 0. The van der Waals surface area contributed by atoms with Crippen molar-refractivity contribution in [2.45, 2.75) is 13.3 Å². The Hall–Kier alpha value is -3.02. The van der Waals surface area contributed by atoms with E-state index in [0.29, 0.717) is 11.3 Å². The van der Waals surface area contributed by atoms with E-state index in [4.69, 9.17) is 4.74 Å². The highest BCUT2D eigenvalue weighted by molar-refractivity contribution is 5.98. The summed E-state index contributed by atoms with van der Waals surface area (Å²) in [6.07, 6.45) is 0.0110. The first kappa shape index (κ1) is 17.3. The van der Waals surface area contributed by atoms with Crippen LogP contribution in [0.15, 0.2) is 48.5 Å². The standard InChI is InChI=1S/C18H16FNO4/c1-12(21)20-16-8-2-13(3-9-16)10-18(23)24-11-17(22)14-4-6-15(19)7-5-14/h2-9H,10-11H2,1H3,(H,20,21). The second-order valence-corrected chi connectivity index (χ2v) is 5.15. The zero-order chi connectivity index (χ0) is 17.5. The molecule has 24 heavy (non-hydrogen) atoms. The highest BCUT2D eigenvalue weighted by Crippen LogP contribution is 2.11. The summed E-state index contributed by atoms with van der Waals surface area (Å²) in [5.74, 6) is -1.56. The number of ketones is 1. The van der Waals surface area contributed by atoms with Crippen molar-refractivity contribution in [1.29, 1.82) is 0 Å². The van der Waals surface area contributed by atoms with Crippen LogP contribution in [-0.4, -0.2) is 24.3 Å². The Balaban J connectivity index is 1.83. The lowest BCUT2D eigenvalue weighted by Crippen LogP contribution is -2.15. The predicted octanol–water partition coefficient (Wildman–Crippen LogP) is 2.75. The van der Waals surface area contributed by atoms with E-state index in [-0.39, 0.29) is 17.9 Å². The number of esters is 1. The lowest BCUT2D eigenvalue weighted by atomic mass is 10.1. The average molecular weight is 329 g/mol. The Morgan fingerprint density at radius 3 is 2.21 bits per heavy atom. The first-order valence-corrected chi connectivity index (χ1v) is 7.25. The molecule has 0 radical (unpaired) electrons. The second kappa shape index (κ2) is 8.01. The van der Waals surface area contributed by atoms with Crippen molar-refractivity contribution in [2.75, 3.05) is 11.9 Å². The molecule has 0 heterocycles. The van der Waals surface area contributed by atoms with Gasteiger partial charge >= 0.3 is 5.97 Å². The van der Waals surface area contributed by atoms with E-state index < -0.39 is 24.2 Å². The molecule has 0 unspecified atom stereocenters. The monoisotopic (exact) mass is 329 g/mol. The lowest BCUT2D eigenvalue weighted by molar-refractivity contribution is -0.141. The molecule has 2 rings (SSSR count). The number of benzene rings is 2. The first-order valence-electron chi connectivity index (χ1n) is 7.25. The quantitative estimate of drug-likeness (QED) is 0.653. The van der Waals surface area contributed by atoms with E-state index >= 15 is 0 Å². The number of rotatable bonds is 6. The molecule has 1 N–H and O–H groups in total. The first-order chi connectivity index (χ1) is 11.4. The van der Waals surface area contributed by atoms with Gasteiger partial charge in [0.05, 0.1) is 6.42 Å². The summed E-state index contributed by atoms with van der Waals surface area (Å²) in [6, 6.07) is 11.7. The molecule has 0 atom stereocenters. The van der Waals surface area contributed by atoms with Gasteiger partial charge < -0.3 is 10.1 Å². The lowest BCUT2D eigenvalue weighted by Gasteiger charge is -2.06. The largest absolute Gasteiger partial charge is 0.457 e. The van der Waals surface area contributed by atoms with Crippen LogP contribution in [0.1, 0.15) is 22.8 Å². The molecule has 0 spiro atoms. The van der Waals surface area contributed by atoms with Gasteiger partial charge in [0.25, 0.3) is 0 Å². The number of nitrogens with one attached hydrogen (secondary N) is 1. The summed E-state index contributed by atoms with van der Waals surface area (Å²) < 4.78 is 17.7. The van der Waals surface area contributed by atoms with Gasteiger partial charge in [-0.25, -0.2) is 4.39 Å². The van der Waals surface area contributed by atoms with Crippen LogP contribution in [0.2, 0.25) is 0 Å². The topological polar surface area (TPSA) is 72.5 Å². The molecular weight excluding hydrogens is 313 g/mol. The van der Waals surface area contributed by atoms with Gasteiger partial charge in [-0.05, 0) is 42.0 Å². The molecule has 0 aliphatic rings. The number of anilines is 1. The number of hydrogen-bond acceptors (Lipinski definition) is 4. The maximum Gasteiger partial charge on any atom is 0.310 e. The minimum absolute atomic E-state index is 0.0110. The fraction of sp³-hybridized carbons (Fsp3) is 0.167. The third kappa shape index (κ3) is 5.31. The Morgan fingerprint density at radius 2 is 1.62 bits per heavy atom. The van der Waals surface area contributed by atoms with Crippen LogP contribution in [0.25, 0.3) is 0 Å². The van der Waals surface area contributed by atoms with Crippen molar-refractivity contribution in [3.05, 3.63) is 65.5 Å². The van der Waals surface area contributed by atoms with Crippen molar-refractivity contribution < 1.29 is 23.5 Å². The molecule has 0 fully saturated rings. The van der Waals surface area contributed by atoms with Gasteiger partial charge in [0.2, 0.25) is 5.91 Å². The van der Waals surface area contributed by atoms with Crippen molar-refractivity contribution in [3.63, 3.8) is 0 Å². The molecule has 0 saturated carbocycles. The van der Waals surface area contributed by atoms with E-state index in [1.807, 2.05) is 0 Å². The normalized spacial score (nSPS) is 10.1. The molecule has 124 valence electrons. The molecule has 0 saturated heterocycles. The maximum absolute atomic E-state index is 12.8. The zero-order valence-electron chi connectivity index (χ0n) is 13.0. The number of hydrogen-bond donors (Lipinski definition) is 1. The minimum Gasteiger partial charge on any atom is -0.457 e. The zero-order valence-corrected chi connectivity index (χ0v) is 13.0. The third-order valence-corrected chi connectivity index (χ3v) is 3.15. The summed E-state index contributed by atoms with van der Waals surface area (Å²) in [4.78, 5) is 34.5. The highest BCUT2D eigenvalue weighted by atomic mass is 19.1. The molecule has 0 aromatic heterocycles. The summed E-state index contributed by atoms with van der Waals surface area (Å²) in [5, 5.41) is 2.62. The number of carbonyl (C=O) groups excluding carboxylic acids is 3. The predicted molar refractivity (Wildman–Crippen MR) is 86.1 cm³/mol. The van der Waals surface area contributed by atoms with Gasteiger partial charge in [-0.15, -0.1) is 0 Å². The van der Waals surface area contributed by atoms with Crippen LogP contribution in [-0.2, 0) is 20.7 Å². The Kier molecular flexibility index (Phi) is 5.78. The summed E-state index contributed by atoms with van der Waals surface area (Å²) in [6.45, 7) is 1.01. The van der Waals surface area contributed by atoms with Gasteiger partial charge in [0.1, 0.15) is 5.82 Å². The molecule has 6 heteroatoms. The van der Waals surface area contributed by atoms with Crippen molar-refractivity contribution in [1.82, 2.24) is 0 Å². The maximum atomic E-state index is 12.8. The fourth-order valence-electron chi connectivity index (χ4n) is 1.99. The molecule has 0 aliphatic carbocycles. The molecule has 1 amide bonds. The highest BCUT2D eigenvalue weighted by Gasteiger charge is 2.11. The van der Waals surface area contributed by atoms with E-state index in [0.717, 1.165) is 0 Å². The van der Waals surface area contributed by atoms with Crippen LogP contribution in [0.3, 0.4) is 0 Å². The van der Waals surface area contributed by atoms with Gasteiger partial charge in [0, 0.05) is 18.2 Å². The molecule has 0 bridgehead atoms. The van der Waals surface area contributed by atoms with Crippen molar-refractivity contribution >= 4 is 23.3 Å². The molecule has 2 aromatic carbocycles. The van der Waals surface area contributed by atoms with Gasteiger partial charge in [-0.3, -0.25) is 14.4 Å². The van der Waals surface area contributed by atoms with E-state index in [1.165, 1.54) is 31.2 Å². The fourth-order valence-corrected chi connectivity index (χ4v) is 1.99. The van der Waals surface area contributed by atoms with E-state index in [9.17, 15) is 18.8 Å². The van der Waals surface area contributed by atoms with Crippen LogP contribution in [0.5, 0.6) is 0 Å². The van der Waals surface area contributed by atoms with E-state index in [1.54, 1.807) is 24.3 Å². The molecule has 5 nitrogen and oxygen atoms in total.